The maximum absolute atomic E-state index is 11.7. The molecule has 1 aromatic carbocycles. The fourth-order valence-corrected chi connectivity index (χ4v) is 1.44. The van der Waals surface area contributed by atoms with Crippen LogP contribution < -0.4 is 5.43 Å². The monoisotopic (exact) mass is 235 g/mol. The largest absolute Gasteiger partial charge is 0.355 e. The third-order valence-corrected chi connectivity index (χ3v) is 2.25. The number of pyridine rings is 1. The molecule has 0 aliphatic carbocycles. The number of benzene rings is 1. The SMILES string of the molecule is O=c1c([N+](=O)[O-])c[nH]c2ccc([N+](=O)[O-])cc12. The van der Waals surface area contributed by atoms with Gasteiger partial charge in [-0.25, -0.2) is 0 Å². The first-order chi connectivity index (χ1) is 8.00. The van der Waals surface area contributed by atoms with Crippen molar-refractivity contribution in [1.82, 2.24) is 4.98 Å². The van der Waals surface area contributed by atoms with E-state index < -0.39 is 21.0 Å². The Kier molecular flexibility index (Phi) is 2.32. The molecule has 17 heavy (non-hydrogen) atoms. The molecule has 0 aliphatic rings. The summed E-state index contributed by atoms with van der Waals surface area (Å²) in [6, 6.07) is 3.56. The van der Waals surface area contributed by atoms with Crippen molar-refractivity contribution in [3.05, 3.63) is 54.8 Å². The van der Waals surface area contributed by atoms with Crippen molar-refractivity contribution in [2.45, 2.75) is 0 Å². The molecule has 86 valence electrons. The van der Waals surface area contributed by atoms with Gasteiger partial charge in [-0.15, -0.1) is 0 Å². The van der Waals surface area contributed by atoms with Gasteiger partial charge in [-0.05, 0) is 6.07 Å². The maximum Gasteiger partial charge on any atom is 0.332 e. The van der Waals surface area contributed by atoms with Crippen molar-refractivity contribution in [2.75, 3.05) is 0 Å². The molecule has 0 spiro atoms. The average Bonchev–Trinajstić information content (AvgIpc) is 2.28. The number of fused-ring (bicyclic) bond motifs is 1. The number of hydrogen-bond acceptors (Lipinski definition) is 5. The lowest BCUT2D eigenvalue weighted by Crippen LogP contribution is -2.09. The summed E-state index contributed by atoms with van der Waals surface area (Å²) in [6.45, 7) is 0. The summed E-state index contributed by atoms with van der Waals surface area (Å²) in [5, 5.41) is 21.0. The van der Waals surface area contributed by atoms with E-state index in [0.29, 0.717) is 5.52 Å². The van der Waals surface area contributed by atoms with Crippen LogP contribution in [-0.2, 0) is 0 Å². The molecule has 0 amide bonds. The van der Waals surface area contributed by atoms with Gasteiger partial charge in [0.15, 0.2) is 0 Å². The number of nitrogens with one attached hydrogen (secondary N) is 1. The van der Waals surface area contributed by atoms with Gasteiger partial charge in [0.05, 0.1) is 26.9 Å². The summed E-state index contributed by atoms with van der Waals surface area (Å²) in [4.78, 5) is 33.8. The predicted octanol–water partition coefficient (Wildman–Crippen LogP) is 1.34. The maximum atomic E-state index is 11.7. The summed E-state index contributed by atoms with van der Waals surface area (Å²) in [5.74, 6) is 0. The van der Waals surface area contributed by atoms with Crippen LogP contribution in [0.25, 0.3) is 10.9 Å². The van der Waals surface area contributed by atoms with E-state index in [1.165, 1.54) is 12.1 Å². The molecular formula is C9H5N3O5. The molecule has 1 N–H and O–H groups in total. The Morgan fingerprint density at radius 2 is 1.82 bits per heavy atom. The fraction of sp³-hybridized carbons (Fsp3) is 0. The zero-order valence-corrected chi connectivity index (χ0v) is 8.25. The van der Waals surface area contributed by atoms with Crippen LogP contribution in [0.15, 0.2) is 29.2 Å². The molecule has 0 saturated heterocycles. The third kappa shape index (κ3) is 1.71. The first-order valence-corrected chi connectivity index (χ1v) is 4.45. The molecule has 0 aliphatic heterocycles. The smallest absolute Gasteiger partial charge is 0.332 e. The minimum atomic E-state index is -0.840. The summed E-state index contributed by atoms with van der Waals surface area (Å²) < 4.78 is 0. The van der Waals surface area contributed by atoms with Gasteiger partial charge < -0.3 is 4.98 Å². The van der Waals surface area contributed by atoms with Crippen LogP contribution in [0.2, 0.25) is 0 Å². The van der Waals surface area contributed by atoms with E-state index in [-0.39, 0.29) is 11.1 Å². The second kappa shape index (κ2) is 3.67. The molecule has 0 fully saturated rings. The van der Waals surface area contributed by atoms with Gasteiger partial charge in [-0.3, -0.25) is 25.0 Å². The number of aromatic amines is 1. The lowest BCUT2D eigenvalue weighted by atomic mass is 10.2. The normalized spacial score (nSPS) is 10.4. The molecule has 8 nitrogen and oxygen atoms in total. The van der Waals surface area contributed by atoms with Gasteiger partial charge in [0, 0.05) is 12.1 Å². The molecular weight excluding hydrogens is 230 g/mol. The van der Waals surface area contributed by atoms with Crippen LogP contribution >= 0.6 is 0 Å². The van der Waals surface area contributed by atoms with Crippen molar-refractivity contribution in [3.8, 4) is 0 Å². The van der Waals surface area contributed by atoms with Gasteiger partial charge in [0.1, 0.15) is 0 Å². The number of rotatable bonds is 2. The Labute approximate surface area is 92.8 Å². The van der Waals surface area contributed by atoms with Gasteiger partial charge in [-0.1, -0.05) is 0 Å². The Balaban J connectivity index is 2.83. The Morgan fingerprint density at radius 3 is 2.41 bits per heavy atom. The highest BCUT2D eigenvalue weighted by Gasteiger charge is 2.16. The van der Waals surface area contributed by atoms with E-state index in [2.05, 4.69) is 4.98 Å². The van der Waals surface area contributed by atoms with E-state index in [9.17, 15) is 25.0 Å². The molecule has 2 rings (SSSR count). The molecule has 0 atom stereocenters. The van der Waals surface area contributed by atoms with Gasteiger partial charge in [0.25, 0.3) is 11.1 Å². The van der Waals surface area contributed by atoms with Crippen molar-refractivity contribution < 1.29 is 9.85 Å². The van der Waals surface area contributed by atoms with E-state index in [1.807, 2.05) is 0 Å². The van der Waals surface area contributed by atoms with Gasteiger partial charge >= 0.3 is 5.69 Å². The van der Waals surface area contributed by atoms with Crippen LogP contribution in [0.4, 0.5) is 11.4 Å². The standard InChI is InChI=1S/C9H5N3O5/c13-9-6-3-5(11(14)15)1-2-7(6)10-4-8(9)12(16)17/h1-4H,(H,10,13). The molecule has 1 aromatic heterocycles. The van der Waals surface area contributed by atoms with Crippen LogP contribution in [0.1, 0.15) is 0 Å². The van der Waals surface area contributed by atoms with Crippen LogP contribution in [-0.4, -0.2) is 14.8 Å². The second-order valence-electron chi connectivity index (χ2n) is 3.25. The predicted molar refractivity (Wildman–Crippen MR) is 57.9 cm³/mol. The quantitative estimate of drug-likeness (QED) is 0.622. The number of nitrogens with zero attached hydrogens (tertiary/aromatic N) is 2. The van der Waals surface area contributed by atoms with Crippen molar-refractivity contribution in [3.63, 3.8) is 0 Å². The molecule has 0 saturated carbocycles. The first kappa shape index (κ1) is 10.7. The summed E-state index contributed by atoms with van der Waals surface area (Å²) in [5.41, 5.74) is -1.46. The van der Waals surface area contributed by atoms with E-state index >= 15 is 0 Å². The van der Waals surface area contributed by atoms with Crippen molar-refractivity contribution >= 4 is 22.3 Å². The number of hydrogen-bond donors (Lipinski definition) is 1. The van der Waals surface area contributed by atoms with Gasteiger partial charge in [0.2, 0.25) is 0 Å². The highest BCUT2D eigenvalue weighted by molar-refractivity contribution is 5.82. The minimum Gasteiger partial charge on any atom is -0.355 e. The first-order valence-electron chi connectivity index (χ1n) is 4.45. The zero-order valence-electron chi connectivity index (χ0n) is 8.25. The van der Waals surface area contributed by atoms with Gasteiger partial charge in [-0.2, -0.15) is 0 Å². The number of nitro benzene ring substituents is 1. The van der Waals surface area contributed by atoms with Crippen LogP contribution in [0.3, 0.4) is 0 Å². The van der Waals surface area contributed by atoms with E-state index in [1.54, 1.807) is 0 Å². The lowest BCUT2D eigenvalue weighted by Gasteiger charge is -1.97. The Bertz CT molecular complexity index is 685. The lowest BCUT2D eigenvalue weighted by molar-refractivity contribution is -0.386. The Hall–Kier alpha value is -2.77. The Morgan fingerprint density at radius 1 is 1.12 bits per heavy atom. The molecule has 1 heterocycles. The molecule has 0 radical (unpaired) electrons. The number of aromatic nitrogens is 1. The minimum absolute atomic E-state index is 0.0756. The van der Waals surface area contributed by atoms with E-state index in [0.717, 1.165) is 12.3 Å². The fourth-order valence-electron chi connectivity index (χ4n) is 1.44. The molecule has 0 unspecified atom stereocenters. The molecule has 0 bridgehead atoms. The summed E-state index contributed by atoms with van der Waals surface area (Å²) >= 11 is 0. The summed E-state index contributed by atoms with van der Waals surface area (Å²) in [7, 11) is 0. The van der Waals surface area contributed by atoms with Crippen molar-refractivity contribution in [1.29, 1.82) is 0 Å². The van der Waals surface area contributed by atoms with Crippen LogP contribution in [0.5, 0.6) is 0 Å². The average molecular weight is 235 g/mol. The summed E-state index contributed by atoms with van der Waals surface area (Å²) in [6.07, 6.45) is 0.969. The molecule has 8 heteroatoms. The van der Waals surface area contributed by atoms with Crippen LogP contribution in [0, 0.1) is 20.2 Å². The van der Waals surface area contributed by atoms with Crippen molar-refractivity contribution in [2.24, 2.45) is 0 Å². The third-order valence-electron chi connectivity index (χ3n) is 2.25. The number of non-ortho nitro benzene ring substituents is 1. The highest BCUT2D eigenvalue weighted by atomic mass is 16.6. The highest BCUT2D eigenvalue weighted by Crippen LogP contribution is 2.18. The van der Waals surface area contributed by atoms with E-state index in [4.69, 9.17) is 0 Å². The zero-order chi connectivity index (χ0) is 12.6. The number of nitro groups is 2. The molecule has 2 aromatic rings. The second-order valence-corrected chi connectivity index (χ2v) is 3.25. The number of H-pyrrole nitrogens is 1. The topological polar surface area (TPSA) is 119 Å².